The number of carbonyl (C=O) groups is 1. The standard InChI is InChI=1S/C10H12F2N2O2/c11-5-1-2-7(12)6(3-5)8(13)4-9(14)10(15)16/h1-3,8-9H,4,13-14H2,(H,15,16). The molecule has 0 aromatic heterocycles. The Morgan fingerprint density at radius 3 is 2.56 bits per heavy atom. The molecule has 0 bridgehead atoms. The van der Waals surface area contributed by atoms with Crippen molar-refractivity contribution >= 4 is 5.97 Å². The van der Waals surface area contributed by atoms with Gasteiger partial charge >= 0.3 is 5.97 Å². The highest BCUT2D eigenvalue weighted by molar-refractivity contribution is 5.73. The van der Waals surface area contributed by atoms with Crippen LogP contribution in [0.25, 0.3) is 0 Å². The maximum Gasteiger partial charge on any atom is 0.320 e. The zero-order chi connectivity index (χ0) is 12.3. The van der Waals surface area contributed by atoms with E-state index in [1.54, 1.807) is 0 Å². The highest BCUT2D eigenvalue weighted by Crippen LogP contribution is 2.19. The Morgan fingerprint density at radius 2 is 2.00 bits per heavy atom. The van der Waals surface area contributed by atoms with Crippen molar-refractivity contribution in [2.45, 2.75) is 18.5 Å². The van der Waals surface area contributed by atoms with Crippen LogP contribution in [0.5, 0.6) is 0 Å². The largest absolute Gasteiger partial charge is 0.480 e. The predicted molar refractivity (Wildman–Crippen MR) is 53.5 cm³/mol. The van der Waals surface area contributed by atoms with E-state index in [0.717, 1.165) is 18.2 Å². The lowest BCUT2D eigenvalue weighted by Crippen LogP contribution is -2.34. The summed E-state index contributed by atoms with van der Waals surface area (Å²) in [7, 11) is 0. The molecule has 1 aromatic carbocycles. The monoisotopic (exact) mass is 230 g/mol. The van der Waals surface area contributed by atoms with Gasteiger partial charge in [-0.3, -0.25) is 4.79 Å². The predicted octanol–water partition coefficient (Wildman–Crippen LogP) is 0.767. The zero-order valence-electron chi connectivity index (χ0n) is 8.36. The summed E-state index contributed by atoms with van der Waals surface area (Å²) in [6.07, 6.45) is -0.157. The van der Waals surface area contributed by atoms with Gasteiger partial charge in [-0.2, -0.15) is 0 Å². The van der Waals surface area contributed by atoms with Crippen molar-refractivity contribution in [2.24, 2.45) is 11.5 Å². The lowest BCUT2D eigenvalue weighted by molar-refractivity contribution is -0.138. The lowest BCUT2D eigenvalue weighted by Gasteiger charge is -2.15. The van der Waals surface area contributed by atoms with Gasteiger partial charge in [0.2, 0.25) is 0 Å². The first-order valence-electron chi connectivity index (χ1n) is 4.60. The SMILES string of the molecule is NC(CC(N)c1cc(F)ccc1F)C(=O)O. The second-order valence-corrected chi connectivity index (χ2v) is 3.45. The molecule has 0 radical (unpaired) electrons. The zero-order valence-corrected chi connectivity index (χ0v) is 8.36. The van der Waals surface area contributed by atoms with Crippen molar-refractivity contribution in [2.75, 3.05) is 0 Å². The molecule has 0 aliphatic rings. The Bertz CT molecular complexity index is 398. The molecule has 2 atom stereocenters. The summed E-state index contributed by atoms with van der Waals surface area (Å²) in [5.74, 6) is -2.53. The number of aliphatic carboxylic acids is 1. The fraction of sp³-hybridized carbons (Fsp3) is 0.300. The summed E-state index contributed by atoms with van der Waals surface area (Å²) in [6, 6.07) is 0.702. The Labute approximate surface area is 90.9 Å². The van der Waals surface area contributed by atoms with E-state index in [1.165, 1.54) is 0 Å². The maximum atomic E-state index is 13.2. The number of hydrogen-bond donors (Lipinski definition) is 3. The smallest absolute Gasteiger partial charge is 0.320 e. The van der Waals surface area contributed by atoms with Gasteiger partial charge in [-0.05, 0) is 24.6 Å². The van der Waals surface area contributed by atoms with Crippen LogP contribution in [0.15, 0.2) is 18.2 Å². The average Bonchev–Trinajstić information content (AvgIpc) is 2.21. The number of hydrogen-bond acceptors (Lipinski definition) is 3. The lowest BCUT2D eigenvalue weighted by atomic mass is 10.00. The third-order valence-corrected chi connectivity index (χ3v) is 2.18. The van der Waals surface area contributed by atoms with E-state index in [0.29, 0.717) is 0 Å². The summed E-state index contributed by atoms with van der Waals surface area (Å²) in [5.41, 5.74) is 10.7. The van der Waals surface area contributed by atoms with Gasteiger partial charge in [0.1, 0.15) is 17.7 Å². The van der Waals surface area contributed by atoms with E-state index in [1.807, 2.05) is 0 Å². The van der Waals surface area contributed by atoms with Gasteiger partial charge in [-0.15, -0.1) is 0 Å². The molecule has 16 heavy (non-hydrogen) atoms. The number of halogens is 2. The molecular formula is C10H12F2N2O2. The van der Waals surface area contributed by atoms with Crippen molar-refractivity contribution in [1.82, 2.24) is 0 Å². The molecule has 88 valence electrons. The fourth-order valence-corrected chi connectivity index (χ4v) is 1.30. The molecule has 1 rings (SSSR count). The minimum Gasteiger partial charge on any atom is -0.480 e. The maximum absolute atomic E-state index is 13.2. The number of rotatable bonds is 4. The van der Waals surface area contributed by atoms with Crippen molar-refractivity contribution in [3.63, 3.8) is 0 Å². The number of nitrogens with two attached hydrogens (primary N) is 2. The molecule has 0 saturated carbocycles. The van der Waals surface area contributed by atoms with Crippen molar-refractivity contribution in [3.05, 3.63) is 35.4 Å². The Kier molecular flexibility index (Phi) is 3.92. The molecule has 0 aliphatic carbocycles. The minimum atomic E-state index is -1.23. The molecular weight excluding hydrogens is 218 g/mol. The summed E-state index contributed by atoms with van der Waals surface area (Å²) in [5, 5.41) is 8.55. The molecule has 0 saturated heterocycles. The molecule has 6 heteroatoms. The molecule has 0 heterocycles. The number of benzene rings is 1. The quantitative estimate of drug-likeness (QED) is 0.712. The number of carboxylic acid groups (broad SMARTS) is 1. The van der Waals surface area contributed by atoms with Gasteiger partial charge in [-0.1, -0.05) is 0 Å². The second kappa shape index (κ2) is 5.00. The van der Waals surface area contributed by atoms with Crippen LogP contribution in [-0.2, 0) is 4.79 Å². The first kappa shape index (κ1) is 12.5. The van der Waals surface area contributed by atoms with Crippen LogP contribution < -0.4 is 11.5 Å². The van der Waals surface area contributed by atoms with Crippen LogP contribution in [0.4, 0.5) is 8.78 Å². The topological polar surface area (TPSA) is 89.3 Å². The molecule has 2 unspecified atom stereocenters. The van der Waals surface area contributed by atoms with Crippen LogP contribution >= 0.6 is 0 Å². The molecule has 0 spiro atoms. The molecule has 0 aliphatic heterocycles. The van der Waals surface area contributed by atoms with E-state index in [-0.39, 0.29) is 12.0 Å². The van der Waals surface area contributed by atoms with Crippen LogP contribution in [0.3, 0.4) is 0 Å². The van der Waals surface area contributed by atoms with E-state index in [2.05, 4.69) is 0 Å². The third kappa shape index (κ3) is 2.98. The van der Waals surface area contributed by atoms with Crippen molar-refractivity contribution in [1.29, 1.82) is 0 Å². The first-order chi connectivity index (χ1) is 7.41. The van der Waals surface area contributed by atoms with Crippen LogP contribution in [0.2, 0.25) is 0 Å². The first-order valence-corrected chi connectivity index (χ1v) is 4.60. The highest BCUT2D eigenvalue weighted by Gasteiger charge is 2.19. The van der Waals surface area contributed by atoms with Crippen LogP contribution in [0.1, 0.15) is 18.0 Å². The van der Waals surface area contributed by atoms with Crippen molar-refractivity contribution < 1.29 is 18.7 Å². The second-order valence-electron chi connectivity index (χ2n) is 3.45. The third-order valence-electron chi connectivity index (χ3n) is 2.18. The summed E-state index contributed by atoms with van der Waals surface area (Å²) in [6.45, 7) is 0. The molecule has 0 fully saturated rings. The summed E-state index contributed by atoms with van der Waals surface area (Å²) >= 11 is 0. The van der Waals surface area contributed by atoms with Gasteiger partial charge in [0, 0.05) is 11.6 Å². The van der Waals surface area contributed by atoms with Gasteiger partial charge in [0.15, 0.2) is 0 Å². The van der Waals surface area contributed by atoms with Gasteiger partial charge in [-0.25, -0.2) is 8.78 Å². The van der Waals surface area contributed by atoms with E-state index >= 15 is 0 Å². The minimum absolute atomic E-state index is 0.0725. The summed E-state index contributed by atoms with van der Waals surface area (Å²) < 4.78 is 26.1. The van der Waals surface area contributed by atoms with Gasteiger partial charge < -0.3 is 16.6 Å². The molecule has 5 N–H and O–H groups in total. The number of carboxylic acids is 1. The van der Waals surface area contributed by atoms with Crippen LogP contribution in [0, 0.1) is 11.6 Å². The normalized spacial score (nSPS) is 14.5. The Balaban J connectivity index is 2.83. The summed E-state index contributed by atoms with van der Waals surface area (Å²) in [4.78, 5) is 10.5. The average molecular weight is 230 g/mol. The Hall–Kier alpha value is -1.53. The highest BCUT2D eigenvalue weighted by atomic mass is 19.1. The van der Waals surface area contributed by atoms with Gasteiger partial charge in [0.25, 0.3) is 0 Å². The van der Waals surface area contributed by atoms with E-state index in [4.69, 9.17) is 16.6 Å². The van der Waals surface area contributed by atoms with Crippen LogP contribution in [-0.4, -0.2) is 17.1 Å². The molecule has 0 amide bonds. The van der Waals surface area contributed by atoms with E-state index in [9.17, 15) is 13.6 Å². The van der Waals surface area contributed by atoms with Gasteiger partial charge in [0.05, 0.1) is 0 Å². The van der Waals surface area contributed by atoms with E-state index < -0.39 is 29.7 Å². The fourth-order valence-electron chi connectivity index (χ4n) is 1.30. The molecule has 4 nitrogen and oxygen atoms in total. The molecule has 1 aromatic rings. The van der Waals surface area contributed by atoms with Crippen molar-refractivity contribution in [3.8, 4) is 0 Å². The Morgan fingerprint density at radius 1 is 1.38 bits per heavy atom.